The van der Waals surface area contributed by atoms with Crippen LogP contribution in [0.15, 0.2) is 16.6 Å². The van der Waals surface area contributed by atoms with Gasteiger partial charge in [0.05, 0.1) is 6.54 Å². The van der Waals surface area contributed by atoms with Crippen molar-refractivity contribution in [3.05, 3.63) is 27.7 Å². The van der Waals surface area contributed by atoms with E-state index in [1.807, 2.05) is 25.7 Å². The van der Waals surface area contributed by atoms with Crippen LogP contribution in [0, 0.1) is 0 Å². The number of hydrogen-bond acceptors (Lipinski definition) is 3. The molecular formula is C16H21BrN2O2. The Hall–Kier alpha value is -1.23. The second kappa shape index (κ2) is 5.20. The maximum absolute atomic E-state index is 12.3. The van der Waals surface area contributed by atoms with Crippen LogP contribution in [-0.4, -0.2) is 36.2 Å². The molecule has 1 amide bonds. The van der Waals surface area contributed by atoms with Crippen molar-refractivity contribution in [3.63, 3.8) is 0 Å². The Bertz CT molecular complexity index is 580. The van der Waals surface area contributed by atoms with E-state index in [0.29, 0.717) is 13.1 Å². The van der Waals surface area contributed by atoms with E-state index in [-0.39, 0.29) is 6.09 Å². The van der Waals surface area contributed by atoms with Crippen LogP contribution in [-0.2, 0) is 17.7 Å². The monoisotopic (exact) mass is 352 g/mol. The quantitative estimate of drug-likeness (QED) is 0.715. The van der Waals surface area contributed by atoms with Gasteiger partial charge in [-0.2, -0.15) is 0 Å². The summed E-state index contributed by atoms with van der Waals surface area (Å²) in [5.41, 5.74) is 3.46. The zero-order valence-corrected chi connectivity index (χ0v) is 14.4. The van der Waals surface area contributed by atoms with Crippen LogP contribution < -0.4 is 4.90 Å². The van der Waals surface area contributed by atoms with E-state index in [2.05, 4.69) is 33.0 Å². The molecule has 21 heavy (non-hydrogen) atoms. The van der Waals surface area contributed by atoms with Gasteiger partial charge in [-0.3, -0.25) is 0 Å². The summed E-state index contributed by atoms with van der Waals surface area (Å²) in [5.74, 6) is 0. The third-order valence-corrected chi connectivity index (χ3v) is 4.31. The summed E-state index contributed by atoms with van der Waals surface area (Å²) >= 11 is 3.58. The maximum atomic E-state index is 12.3. The van der Waals surface area contributed by atoms with Crippen molar-refractivity contribution in [1.82, 2.24) is 4.90 Å². The normalized spacial score (nSPS) is 17.5. The van der Waals surface area contributed by atoms with Gasteiger partial charge in [0.2, 0.25) is 0 Å². The molecule has 4 nitrogen and oxygen atoms in total. The van der Waals surface area contributed by atoms with E-state index in [0.717, 1.165) is 24.0 Å². The molecule has 0 fully saturated rings. The van der Waals surface area contributed by atoms with Crippen molar-refractivity contribution in [2.24, 2.45) is 0 Å². The number of anilines is 1. The topological polar surface area (TPSA) is 32.8 Å². The number of ether oxygens (including phenoxy) is 1. The summed E-state index contributed by atoms with van der Waals surface area (Å²) in [5, 5.41) is 0. The molecule has 0 unspecified atom stereocenters. The smallest absolute Gasteiger partial charge is 0.410 e. The molecule has 2 heterocycles. The zero-order chi connectivity index (χ0) is 15.2. The first-order chi connectivity index (χ1) is 9.83. The Morgan fingerprint density at radius 1 is 1.19 bits per heavy atom. The van der Waals surface area contributed by atoms with Gasteiger partial charge in [0, 0.05) is 29.8 Å². The molecule has 2 aliphatic rings. The Labute approximate surface area is 134 Å². The summed E-state index contributed by atoms with van der Waals surface area (Å²) in [6.45, 7) is 8.96. The number of carbonyl (C=O) groups excluding carboxylic acids is 1. The highest BCUT2D eigenvalue weighted by Gasteiger charge is 2.30. The summed E-state index contributed by atoms with van der Waals surface area (Å²) in [4.78, 5) is 16.5. The van der Waals surface area contributed by atoms with E-state index < -0.39 is 5.60 Å². The van der Waals surface area contributed by atoms with Gasteiger partial charge in [-0.05, 0) is 50.5 Å². The van der Waals surface area contributed by atoms with Gasteiger partial charge >= 0.3 is 6.09 Å². The Balaban J connectivity index is 1.88. The minimum absolute atomic E-state index is 0.225. The first-order valence-corrected chi connectivity index (χ1v) is 8.17. The predicted octanol–water partition coefficient (Wildman–Crippen LogP) is 3.56. The molecule has 5 heteroatoms. The van der Waals surface area contributed by atoms with Crippen LogP contribution in [0.1, 0.15) is 31.9 Å². The van der Waals surface area contributed by atoms with Gasteiger partial charge in [0.1, 0.15) is 5.60 Å². The highest BCUT2D eigenvalue weighted by Crippen LogP contribution is 2.37. The first kappa shape index (κ1) is 14.7. The third kappa shape index (κ3) is 3.03. The van der Waals surface area contributed by atoms with Crippen LogP contribution in [0.4, 0.5) is 10.5 Å². The summed E-state index contributed by atoms with van der Waals surface area (Å²) in [6.07, 6.45) is 0.867. The fraction of sp³-hybridized carbons (Fsp3) is 0.562. The number of nitrogens with zero attached hydrogens (tertiary/aromatic N) is 2. The lowest BCUT2D eigenvalue weighted by Gasteiger charge is -2.26. The largest absolute Gasteiger partial charge is 0.444 e. The van der Waals surface area contributed by atoms with Crippen LogP contribution in [0.3, 0.4) is 0 Å². The van der Waals surface area contributed by atoms with E-state index in [1.54, 1.807) is 0 Å². The molecule has 3 rings (SSSR count). The molecule has 0 aromatic heterocycles. The van der Waals surface area contributed by atoms with Crippen molar-refractivity contribution < 1.29 is 9.53 Å². The lowest BCUT2D eigenvalue weighted by Crippen LogP contribution is -2.39. The molecule has 0 bridgehead atoms. The average Bonchev–Trinajstić information content (AvgIpc) is 2.64. The molecule has 0 saturated heterocycles. The predicted molar refractivity (Wildman–Crippen MR) is 86.7 cm³/mol. The summed E-state index contributed by atoms with van der Waals surface area (Å²) in [6, 6.07) is 4.32. The SMILES string of the molecule is CC(C)(C)OC(=O)N1CCN2CCc3cc(Br)cc(c32)C1. The number of hydrogen-bond donors (Lipinski definition) is 0. The van der Waals surface area contributed by atoms with Crippen LogP contribution in [0.2, 0.25) is 0 Å². The van der Waals surface area contributed by atoms with E-state index in [9.17, 15) is 4.79 Å². The van der Waals surface area contributed by atoms with E-state index >= 15 is 0 Å². The van der Waals surface area contributed by atoms with Gasteiger partial charge in [-0.15, -0.1) is 0 Å². The Morgan fingerprint density at radius 2 is 1.90 bits per heavy atom. The number of rotatable bonds is 0. The van der Waals surface area contributed by atoms with E-state index in [4.69, 9.17) is 4.74 Å². The van der Waals surface area contributed by atoms with Gasteiger partial charge in [0.15, 0.2) is 0 Å². The minimum atomic E-state index is -0.453. The molecule has 114 valence electrons. The molecule has 1 aromatic carbocycles. The Morgan fingerprint density at radius 3 is 2.62 bits per heavy atom. The lowest BCUT2D eigenvalue weighted by molar-refractivity contribution is 0.0243. The fourth-order valence-corrected chi connectivity index (χ4v) is 3.59. The molecular weight excluding hydrogens is 332 g/mol. The first-order valence-electron chi connectivity index (χ1n) is 7.38. The highest BCUT2D eigenvalue weighted by atomic mass is 79.9. The second-order valence-electron chi connectivity index (χ2n) is 6.71. The fourth-order valence-electron chi connectivity index (χ4n) is 3.03. The molecule has 0 saturated carbocycles. The van der Waals surface area contributed by atoms with Gasteiger partial charge in [0.25, 0.3) is 0 Å². The zero-order valence-electron chi connectivity index (χ0n) is 12.8. The van der Waals surface area contributed by atoms with Crippen molar-refractivity contribution in [1.29, 1.82) is 0 Å². The Kier molecular flexibility index (Phi) is 3.64. The standard InChI is InChI=1S/C16H21BrN2O2/c1-16(2,3)21-15(20)19-7-6-18-5-4-11-8-13(17)9-12(10-19)14(11)18/h8-9H,4-7,10H2,1-3H3. The number of halogens is 1. The van der Waals surface area contributed by atoms with Crippen LogP contribution in [0.25, 0.3) is 0 Å². The second-order valence-corrected chi connectivity index (χ2v) is 7.63. The third-order valence-electron chi connectivity index (χ3n) is 3.85. The number of benzene rings is 1. The van der Waals surface area contributed by atoms with Crippen LogP contribution in [0.5, 0.6) is 0 Å². The highest BCUT2D eigenvalue weighted by molar-refractivity contribution is 9.10. The van der Waals surface area contributed by atoms with Gasteiger partial charge < -0.3 is 14.5 Å². The molecule has 0 radical (unpaired) electrons. The maximum Gasteiger partial charge on any atom is 0.410 e. The minimum Gasteiger partial charge on any atom is -0.444 e. The summed E-state index contributed by atoms with van der Waals surface area (Å²) < 4.78 is 6.61. The summed E-state index contributed by atoms with van der Waals surface area (Å²) in [7, 11) is 0. The van der Waals surface area contributed by atoms with Crippen molar-refractivity contribution in [2.75, 3.05) is 24.5 Å². The lowest BCUT2D eigenvalue weighted by atomic mass is 10.1. The molecule has 1 aromatic rings. The van der Waals surface area contributed by atoms with E-state index in [1.165, 1.54) is 16.8 Å². The van der Waals surface area contributed by atoms with Crippen molar-refractivity contribution >= 4 is 27.7 Å². The van der Waals surface area contributed by atoms with Crippen molar-refractivity contribution in [2.45, 2.75) is 39.3 Å². The molecule has 0 atom stereocenters. The number of carbonyl (C=O) groups is 1. The average molecular weight is 353 g/mol. The van der Waals surface area contributed by atoms with Gasteiger partial charge in [-0.1, -0.05) is 15.9 Å². The van der Waals surface area contributed by atoms with Crippen molar-refractivity contribution in [3.8, 4) is 0 Å². The molecule has 2 aliphatic heterocycles. The van der Waals surface area contributed by atoms with Gasteiger partial charge in [-0.25, -0.2) is 4.79 Å². The van der Waals surface area contributed by atoms with Crippen LogP contribution >= 0.6 is 15.9 Å². The molecule has 0 spiro atoms. The molecule has 0 aliphatic carbocycles. The number of amides is 1. The molecule has 0 N–H and O–H groups in total.